The molecule has 0 aliphatic carbocycles. The first-order chi connectivity index (χ1) is 7.17. The van der Waals surface area contributed by atoms with Crippen LogP contribution in [0.3, 0.4) is 0 Å². The topological polar surface area (TPSA) is 42.0 Å². The summed E-state index contributed by atoms with van der Waals surface area (Å²) in [6.45, 7) is 1.86. The van der Waals surface area contributed by atoms with E-state index in [1.807, 2.05) is 6.92 Å². The Morgan fingerprint density at radius 2 is 2.53 bits per heavy atom. The summed E-state index contributed by atoms with van der Waals surface area (Å²) in [5.41, 5.74) is 0.219. The maximum atomic E-state index is 12.7. The SMILES string of the molecule is C#CC(CC)NC(=O)c1ccnc(F)c1. The van der Waals surface area contributed by atoms with E-state index in [0.29, 0.717) is 6.42 Å². The van der Waals surface area contributed by atoms with Crippen molar-refractivity contribution in [2.45, 2.75) is 19.4 Å². The highest BCUT2D eigenvalue weighted by Gasteiger charge is 2.10. The Morgan fingerprint density at radius 1 is 1.80 bits per heavy atom. The zero-order chi connectivity index (χ0) is 11.3. The predicted octanol–water partition coefficient (Wildman–Crippen LogP) is 1.36. The average molecular weight is 206 g/mol. The van der Waals surface area contributed by atoms with E-state index in [4.69, 9.17) is 6.42 Å². The van der Waals surface area contributed by atoms with Crippen LogP contribution in [-0.4, -0.2) is 16.9 Å². The van der Waals surface area contributed by atoms with Gasteiger partial charge in [-0.2, -0.15) is 4.39 Å². The molecular formula is C11H11FN2O. The normalized spacial score (nSPS) is 11.5. The first-order valence-corrected chi connectivity index (χ1v) is 4.56. The maximum absolute atomic E-state index is 12.7. The summed E-state index contributed by atoms with van der Waals surface area (Å²) in [6, 6.07) is 2.17. The summed E-state index contributed by atoms with van der Waals surface area (Å²) in [5.74, 6) is 1.35. The van der Waals surface area contributed by atoms with Gasteiger partial charge >= 0.3 is 0 Å². The number of aromatic nitrogens is 1. The molecule has 0 saturated carbocycles. The third kappa shape index (κ3) is 3.06. The molecule has 1 amide bonds. The Balaban J connectivity index is 2.74. The van der Waals surface area contributed by atoms with Crippen molar-refractivity contribution < 1.29 is 9.18 Å². The molecule has 1 aromatic heterocycles. The number of amides is 1. The molecule has 1 unspecified atom stereocenters. The Morgan fingerprint density at radius 3 is 3.07 bits per heavy atom. The van der Waals surface area contributed by atoms with Gasteiger partial charge in [-0.25, -0.2) is 4.98 Å². The molecule has 0 bridgehead atoms. The highest BCUT2D eigenvalue weighted by atomic mass is 19.1. The Labute approximate surface area is 87.7 Å². The second-order valence-corrected chi connectivity index (χ2v) is 2.97. The van der Waals surface area contributed by atoms with Crippen LogP contribution in [0.2, 0.25) is 0 Å². The minimum Gasteiger partial charge on any atom is -0.338 e. The quantitative estimate of drug-likeness (QED) is 0.599. The van der Waals surface area contributed by atoms with Gasteiger partial charge in [0.25, 0.3) is 5.91 Å². The van der Waals surface area contributed by atoms with E-state index in [-0.39, 0.29) is 17.5 Å². The Kier molecular flexibility index (Phi) is 3.81. The number of carbonyl (C=O) groups is 1. The highest BCUT2D eigenvalue weighted by Crippen LogP contribution is 2.01. The van der Waals surface area contributed by atoms with Gasteiger partial charge in [0.1, 0.15) is 0 Å². The fourth-order valence-electron chi connectivity index (χ4n) is 1.05. The summed E-state index contributed by atoms with van der Waals surface area (Å²) in [6.07, 6.45) is 7.06. The van der Waals surface area contributed by atoms with Gasteiger partial charge < -0.3 is 5.32 Å². The van der Waals surface area contributed by atoms with Gasteiger partial charge in [0.05, 0.1) is 6.04 Å². The molecule has 0 fully saturated rings. The molecule has 0 radical (unpaired) electrons. The van der Waals surface area contributed by atoms with Crippen LogP contribution in [0.25, 0.3) is 0 Å². The van der Waals surface area contributed by atoms with Crippen LogP contribution < -0.4 is 5.32 Å². The molecule has 0 saturated heterocycles. The fourth-order valence-corrected chi connectivity index (χ4v) is 1.05. The number of nitrogens with one attached hydrogen (secondary N) is 1. The van der Waals surface area contributed by atoms with E-state index >= 15 is 0 Å². The van der Waals surface area contributed by atoms with Gasteiger partial charge in [0, 0.05) is 17.8 Å². The van der Waals surface area contributed by atoms with Crippen LogP contribution in [0.1, 0.15) is 23.7 Å². The maximum Gasteiger partial charge on any atom is 0.252 e. The number of halogens is 1. The first kappa shape index (κ1) is 11.2. The molecule has 15 heavy (non-hydrogen) atoms. The molecule has 0 aliphatic heterocycles. The molecule has 1 rings (SSSR count). The van der Waals surface area contributed by atoms with Crippen LogP contribution in [0.15, 0.2) is 18.3 Å². The van der Waals surface area contributed by atoms with Gasteiger partial charge in [-0.3, -0.25) is 4.79 Å². The lowest BCUT2D eigenvalue weighted by atomic mass is 10.2. The Hall–Kier alpha value is -1.89. The second-order valence-electron chi connectivity index (χ2n) is 2.97. The minimum atomic E-state index is -0.684. The van der Waals surface area contributed by atoms with E-state index in [1.54, 1.807) is 0 Å². The number of hydrogen-bond donors (Lipinski definition) is 1. The zero-order valence-electron chi connectivity index (χ0n) is 8.33. The van der Waals surface area contributed by atoms with Crippen molar-refractivity contribution in [1.82, 2.24) is 10.3 Å². The monoisotopic (exact) mass is 206 g/mol. The van der Waals surface area contributed by atoms with Crippen molar-refractivity contribution in [2.75, 3.05) is 0 Å². The van der Waals surface area contributed by atoms with Gasteiger partial charge in [-0.15, -0.1) is 6.42 Å². The summed E-state index contributed by atoms with van der Waals surface area (Å²) in [7, 11) is 0. The van der Waals surface area contributed by atoms with E-state index in [1.165, 1.54) is 12.3 Å². The van der Waals surface area contributed by atoms with E-state index in [2.05, 4.69) is 16.2 Å². The first-order valence-electron chi connectivity index (χ1n) is 4.56. The molecule has 1 heterocycles. The molecular weight excluding hydrogens is 195 g/mol. The minimum absolute atomic E-state index is 0.219. The van der Waals surface area contributed by atoms with Crippen molar-refractivity contribution in [1.29, 1.82) is 0 Å². The molecule has 0 aromatic carbocycles. The van der Waals surface area contributed by atoms with E-state index < -0.39 is 5.95 Å². The van der Waals surface area contributed by atoms with Crippen molar-refractivity contribution >= 4 is 5.91 Å². The number of nitrogens with zero attached hydrogens (tertiary/aromatic N) is 1. The Bertz CT molecular complexity index is 398. The van der Waals surface area contributed by atoms with Crippen LogP contribution in [0.5, 0.6) is 0 Å². The predicted molar refractivity (Wildman–Crippen MR) is 54.6 cm³/mol. The lowest BCUT2D eigenvalue weighted by molar-refractivity contribution is 0.0944. The molecule has 3 nitrogen and oxygen atoms in total. The molecule has 1 aromatic rings. The molecule has 1 N–H and O–H groups in total. The van der Waals surface area contributed by atoms with Crippen LogP contribution in [0.4, 0.5) is 4.39 Å². The zero-order valence-corrected chi connectivity index (χ0v) is 8.33. The second kappa shape index (κ2) is 5.11. The number of rotatable bonds is 3. The molecule has 4 heteroatoms. The molecule has 1 atom stereocenters. The average Bonchev–Trinajstić information content (AvgIpc) is 2.25. The fraction of sp³-hybridized carbons (Fsp3) is 0.273. The van der Waals surface area contributed by atoms with Crippen molar-refractivity contribution in [3.8, 4) is 12.3 Å². The lowest BCUT2D eigenvalue weighted by Gasteiger charge is -2.10. The van der Waals surface area contributed by atoms with Gasteiger partial charge in [-0.05, 0) is 12.5 Å². The van der Waals surface area contributed by atoms with Gasteiger partial charge in [0.15, 0.2) is 0 Å². The number of terminal acetylenes is 1. The van der Waals surface area contributed by atoms with Crippen LogP contribution in [0, 0.1) is 18.3 Å². The highest BCUT2D eigenvalue weighted by molar-refractivity contribution is 5.94. The third-order valence-corrected chi connectivity index (χ3v) is 1.90. The number of pyridine rings is 1. The summed E-state index contributed by atoms with van der Waals surface area (Å²) < 4.78 is 12.7. The summed E-state index contributed by atoms with van der Waals surface area (Å²) in [4.78, 5) is 14.9. The standard InChI is InChI=1S/C11H11FN2O/c1-3-9(4-2)14-11(15)8-5-6-13-10(12)7-8/h1,5-7,9H,4H2,2H3,(H,14,15). The third-order valence-electron chi connectivity index (χ3n) is 1.90. The van der Waals surface area contributed by atoms with E-state index in [0.717, 1.165) is 6.07 Å². The van der Waals surface area contributed by atoms with Crippen LogP contribution >= 0.6 is 0 Å². The number of carbonyl (C=O) groups excluding carboxylic acids is 1. The summed E-state index contributed by atoms with van der Waals surface area (Å²) >= 11 is 0. The smallest absolute Gasteiger partial charge is 0.252 e. The van der Waals surface area contributed by atoms with Crippen molar-refractivity contribution in [3.63, 3.8) is 0 Å². The van der Waals surface area contributed by atoms with Gasteiger partial charge in [-0.1, -0.05) is 12.8 Å². The molecule has 78 valence electrons. The molecule has 0 aliphatic rings. The molecule has 0 spiro atoms. The van der Waals surface area contributed by atoms with E-state index in [9.17, 15) is 9.18 Å². The number of hydrogen-bond acceptors (Lipinski definition) is 2. The van der Waals surface area contributed by atoms with Gasteiger partial charge in [0.2, 0.25) is 5.95 Å². The largest absolute Gasteiger partial charge is 0.338 e. The summed E-state index contributed by atoms with van der Waals surface area (Å²) in [5, 5.41) is 2.59. The van der Waals surface area contributed by atoms with Crippen molar-refractivity contribution in [2.24, 2.45) is 0 Å². The lowest BCUT2D eigenvalue weighted by Crippen LogP contribution is -2.33. The van der Waals surface area contributed by atoms with Crippen LogP contribution in [-0.2, 0) is 0 Å². The van der Waals surface area contributed by atoms with Crippen molar-refractivity contribution in [3.05, 3.63) is 29.8 Å².